The maximum absolute atomic E-state index is 10.8. The van der Waals surface area contributed by atoms with Gasteiger partial charge in [0, 0.05) is 25.8 Å². The maximum atomic E-state index is 10.8. The largest absolute Gasteiger partial charge is 0.478 e. The standard InChI is InChI=1S/C18H25NO3/c20-17(21)15-3-1-14(2-4-15)13-19-16-5-7-18(8-6-16)9-11-22-12-10-18/h1-4,16,19H,5-13H2,(H,20,21). The van der Waals surface area contributed by atoms with Crippen LogP contribution in [0.3, 0.4) is 0 Å². The fourth-order valence-electron chi connectivity index (χ4n) is 3.77. The van der Waals surface area contributed by atoms with Gasteiger partial charge in [-0.15, -0.1) is 0 Å². The van der Waals surface area contributed by atoms with Gasteiger partial charge in [-0.3, -0.25) is 0 Å². The summed E-state index contributed by atoms with van der Waals surface area (Å²) >= 11 is 0. The minimum Gasteiger partial charge on any atom is -0.478 e. The Balaban J connectivity index is 1.46. The number of ether oxygens (including phenoxy) is 1. The summed E-state index contributed by atoms with van der Waals surface area (Å²) < 4.78 is 5.50. The van der Waals surface area contributed by atoms with Crippen LogP contribution in [0.2, 0.25) is 0 Å². The van der Waals surface area contributed by atoms with E-state index in [0.29, 0.717) is 17.0 Å². The molecule has 0 aromatic heterocycles. The summed E-state index contributed by atoms with van der Waals surface area (Å²) in [6, 6.07) is 7.75. The van der Waals surface area contributed by atoms with Gasteiger partial charge in [0.25, 0.3) is 0 Å². The minimum atomic E-state index is -0.867. The van der Waals surface area contributed by atoms with E-state index in [1.807, 2.05) is 12.1 Å². The lowest BCUT2D eigenvalue weighted by atomic mass is 9.68. The molecule has 3 rings (SSSR count). The molecule has 0 bridgehead atoms. The van der Waals surface area contributed by atoms with E-state index in [1.54, 1.807) is 12.1 Å². The van der Waals surface area contributed by atoms with E-state index < -0.39 is 5.97 Å². The Morgan fingerprint density at radius 1 is 1.14 bits per heavy atom. The molecule has 1 aromatic rings. The predicted molar refractivity (Wildman–Crippen MR) is 85.0 cm³/mol. The zero-order chi connectivity index (χ0) is 15.4. The second kappa shape index (κ2) is 6.80. The molecule has 2 fully saturated rings. The Bertz CT molecular complexity index is 496. The van der Waals surface area contributed by atoms with Crippen molar-refractivity contribution in [3.8, 4) is 0 Å². The van der Waals surface area contributed by atoms with E-state index in [-0.39, 0.29) is 0 Å². The Hall–Kier alpha value is -1.39. The van der Waals surface area contributed by atoms with Gasteiger partial charge in [0.15, 0.2) is 0 Å². The van der Waals surface area contributed by atoms with Crippen LogP contribution < -0.4 is 5.32 Å². The number of hydrogen-bond acceptors (Lipinski definition) is 3. The monoisotopic (exact) mass is 303 g/mol. The number of nitrogens with one attached hydrogen (secondary N) is 1. The number of carboxylic acid groups (broad SMARTS) is 1. The summed E-state index contributed by atoms with van der Waals surface area (Å²) in [5.74, 6) is -0.867. The number of hydrogen-bond donors (Lipinski definition) is 2. The van der Waals surface area contributed by atoms with Crippen molar-refractivity contribution < 1.29 is 14.6 Å². The van der Waals surface area contributed by atoms with Gasteiger partial charge >= 0.3 is 5.97 Å². The second-order valence-corrected chi connectivity index (χ2v) is 6.77. The van der Waals surface area contributed by atoms with Crippen LogP contribution in [-0.4, -0.2) is 30.3 Å². The van der Waals surface area contributed by atoms with Crippen LogP contribution in [0.25, 0.3) is 0 Å². The fourth-order valence-corrected chi connectivity index (χ4v) is 3.77. The van der Waals surface area contributed by atoms with Gasteiger partial charge in [-0.2, -0.15) is 0 Å². The first-order valence-corrected chi connectivity index (χ1v) is 8.30. The van der Waals surface area contributed by atoms with Crippen molar-refractivity contribution >= 4 is 5.97 Å². The molecule has 22 heavy (non-hydrogen) atoms. The van der Waals surface area contributed by atoms with E-state index in [2.05, 4.69) is 5.32 Å². The summed E-state index contributed by atoms with van der Waals surface area (Å²) in [5.41, 5.74) is 2.05. The van der Waals surface area contributed by atoms with E-state index in [9.17, 15) is 4.79 Å². The first-order chi connectivity index (χ1) is 10.7. The van der Waals surface area contributed by atoms with E-state index in [4.69, 9.17) is 9.84 Å². The van der Waals surface area contributed by atoms with Crippen molar-refractivity contribution in [3.05, 3.63) is 35.4 Å². The first kappa shape index (κ1) is 15.5. The summed E-state index contributed by atoms with van der Waals surface area (Å²) in [4.78, 5) is 10.8. The molecule has 0 atom stereocenters. The third kappa shape index (κ3) is 3.68. The smallest absolute Gasteiger partial charge is 0.335 e. The molecule has 1 saturated heterocycles. The lowest BCUT2D eigenvalue weighted by molar-refractivity contribution is -0.00929. The zero-order valence-corrected chi connectivity index (χ0v) is 13.0. The molecular formula is C18H25NO3. The number of benzene rings is 1. The number of carbonyl (C=O) groups is 1. The second-order valence-electron chi connectivity index (χ2n) is 6.77. The maximum Gasteiger partial charge on any atom is 0.335 e. The van der Waals surface area contributed by atoms with Gasteiger partial charge in [-0.25, -0.2) is 4.79 Å². The highest BCUT2D eigenvalue weighted by Crippen LogP contribution is 2.44. The minimum absolute atomic E-state index is 0.350. The quantitative estimate of drug-likeness (QED) is 0.896. The van der Waals surface area contributed by atoms with Gasteiger partial charge < -0.3 is 15.2 Å². The number of rotatable bonds is 4. The van der Waals surface area contributed by atoms with Gasteiger partial charge in [0.2, 0.25) is 0 Å². The molecule has 0 amide bonds. The first-order valence-electron chi connectivity index (χ1n) is 8.30. The molecule has 2 aliphatic rings. The molecular weight excluding hydrogens is 278 g/mol. The zero-order valence-electron chi connectivity index (χ0n) is 13.0. The van der Waals surface area contributed by atoms with Gasteiger partial charge in [-0.1, -0.05) is 12.1 Å². The molecule has 120 valence electrons. The summed E-state index contributed by atoms with van der Waals surface area (Å²) in [7, 11) is 0. The van der Waals surface area contributed by atoms with E-state index in [0.717, 1.165) is 25.3 Å². The SMILES string of the molecule is O=C(O)c1ccc(CNC2CCC3(CCOCC3)CC2)cc1. The third-order valence-corrected chi connectivity index (χ3v) is 5.40. The van der Waals surface area contributed by atoms with Gasteiger partial charge in [-0.05, 0) is 61.6 Å². The Labute approximate surface area is 131 Å². The van der Waals surface area contributed by atoms with E-state index in [1.165, 1.54) is 38.5 Å². The normalized spacial score (nSPS) is 21.8. The molecule has 4 nitrogen and oxygen atoms in total. The van der Waals surface area contributed by atoms with Crippen LogP contribution in [-0.2, 0) is 11.3 Å². The highest BCUT2D eigenvalue weighted by Gasteiger charge is 2.36. The lowest BCUT2D eigenvalue weighted by Crippen LogP contribution is -2.40. The van der Waals surface area contributed by atoms with Crippen LogP contribution in [0, 0.1) is 5.41 Å². The molecule has 1 aromatic carbocycles. The Morgan fingerprint density at radius 3 is 2.36 bits per heavy atom. The predicted octanol–water partition coefficient (Wildman–Crippen LogP) is 3.21. The molecule has 1 heterocycles. The molecule has 1 saturated carbocycles. The Morgan fingerprint density at radius 2 is 1.77 bits per heavy atom. The van der Waals surface area contributed by atoms with Crippen LogP contribution in [0.1, 0.15) is 54.4 Å². The topological polar surface area (TPSA) is 58.6 Å². The highest BCUT2D eigenvalue weighted by molar-refractivity contribution is 5.87. The van der Waals surface area contributed by atoms with Crippen LogP contribution in [0.4, 0.5) is 0 Å². The molecule has 2 N–H and O–H groups in total. The summed E-state index contributed by atoms with van der Waals surface area (Å²) in [5, 5.41) is 12.5. The fraction of sp³-hybridized carbons (Fsp3) is 0.611. The Kier molecular flexibility index (Phi) is 4.79. The van der Waals surface area contributed by atoms with Gasteiger partial charge in [0.05, 0.1) is 5.56 Å². The van der Waals surface area contributed by atoms with Crippen molar-refractivity contribution in [1.82, 2.24) is 5.32 Å². The third-order valence-electron chi connectivity index (χ3n) is 5.40. The summed E-state index contributed by atoms with van der Waals surface area (Å²) in [6.07, 6.45) is 7.57. The summed E-state index contributed by atoms with van der Waals surface area (Å²) in [6.45, 7) is 2.70. The van der Waals surface area contributed by atoms with Crippen molar-refractivity contribution in [2.45, 2.75) is 51.1 Å². The van der Waals surface area contributed by atoms with E-state index >= 15 is 0 Å². The van der Waals surface area contributed by atoms with Crippen molar-refractivity contribution in [2.24, 2.45) is 5.41 Å². The molecule has 1 aliphatic carbocycles. The molecule has 1 aliphatic heterocycles. The van der Waals surface area contributed by atoms with Crippen LogP contribution in [0.5, 0.6) is 0 Å². The van der Waals surface area contributed by atoms with Crippen molar-refractivity contribution in [1.29, 1.82) is 0 Å². The lowest BCUT2D eigenvalue weighted by Gasteiger charge is -2.43. The van der Waals surface area contributed by atoms with Crippen LogP contribution >= 0.6 is 0 Å². The molecule has 0 radical (unpaired) electrons. The average molecular weight is 303 g/mol. The van der Waals surface area contributed by atoms with Gasteiger partial charge in [0.1, 0.15) is 0 Å². The molecule has 4 heteroatoms. The number of carboxylic acids is 1. The molecule has 1 spiro atoms. The number of aromatic carboxylic acids is 1. The van der Waals surface area contributed by atoms with Crippen molar-refractivity contribution in [2.75, 3.05) is 13.2 Å². The van der Waals surface area contributed by atoms with Crippen LogP contribution in [0.15, 0.2) is 24.3 Å². The highest BCUT2D eigenvalue weighted by atomic mass is 16.5. The molecule has 0 unspecified atom stereocenters. The van der Waals surface area contributed by atoms with Crippen molar-refractivity contribution in [3.63, 3.8) is 0 Å². The average Bonchev–Trinajstić information content (AvgIpc) is 2.56.